The molecular formula is C16H23N5. The number of piperidine rings is 1. The summed E-state index contributed by atoms with van der Waals surface area (Å²) in [5, 5.41) is 4.23. The quantitative estimate of drug-likeness (QED) is 0.866. The molecule has 0 spiro atoms. The van der Waals surface area contributed by atoms with Crippen molar-refractivity contribution in [2.45, 2.75) is 26.2 Å². The summed E-state index contributed by atoms with van der Waals surface area (Å²) in [6.07, 6.45) is 5.29. The highest BCUT2D eigenvalue weighted by atomic mass is 15.3. The van der Waals surface area contributed by atoms with Gasteiger partial charge in [-0.15, -0.1) is 0 Å². The largest absolute Gasteiger partial charge is 0.306 e. The Balaban J connectivity index is 1.80. The summed E-state index contributed by atoms with van der Waals surface area (Å²) in [5.74, 6) is 1.68. The van der Waals surface area contributed by atoms with Crippen molar-refractivity contribution in [2.24, 2.45) is 13.0 Å². The van der Waals surface area contributed by atoms with Gasteiger partial charge in [0.05, 0.1) is 11.4 Å². The number of aromatic nitrogens is 4. The minimum absolute atomic E-state index is 0.711. The minimum atomic E-state index is 0.711. The second-order valence-corrected chi connectivity index (χ2v) is 6.10. The summed E-state index contributed by atoms with van der Waals surface area (Å²) < 4.78 is 1.86. The third-order valence-electron chi connectivity index (χ3n) is 4.29. The first kappa shape index (κ1) is 14.2. The van der Waals surface area contributed by atoms with Crippen molar-refractivity contribution in [1.29, 1.82) is 0 Å². The van der Waals surface area contributed by atoms with Crippen molar-refractivity contribution in [3.05, 3.63) is 29.8 Å². The molecule has 0 saturated carbocycles. The molecule has 0 N–H and O–H groups in total. The predicted octanol–water partition coefficient (Wildman–Crippen LogP) is 2.07. The topological polar surface area (TPSA) is 46.8 Å². The first-order valence-electron chi connectivity index (χ1n) is 7.63. The van der Waals surface area contributed by atoms with Crippen molar-refractivity contribution in [2.75, 3.05) is 20.1 Å². The van der Waals surface area contributed by atoms with E-state index in [0.717, 1.165) is 29.3 Å². The molecule has 0 bridgehead atoms. The first-order chi connectivity index (χ1) is 10.1. The summed E-state index contributed by atoms with van der Waals surface area (Å²) in [6, 6.07) is 4.04. The van der Waals surface area contributed by atoms with E-state index in [1.54, 1.807) is 0 Å². The molecule has 3 heterocycles. The van der Waals surface area contributed by atoms with Crippen LogP contribution >= 0.6 is 0 Å². The fourth-order valence-corrected chi connectivity index (χ4v) is 3.00. The number of aryl methyl sites for hydroxylation is 2. The molecule has 1 aliphatic rings. The molecule has 1 aliphatic heterocycles. The highest BCUT2D eigenvalue weighted by molar-refractivity contribution is 5.54. The van der Waals surface area contributed by atoms with Gasteiger partial charge in [-0.2, -0.15) is 5.10 Å². The van der Waals surface area contributed by atoms with Crippen molar-refractivity contribution in [3.63, 3.8) is 0 Å². The van der Waals surface area contributed by atoms with Crippen LogP contribution in [0.5, 0.6) is 0 Å². The standard InChI is InChI=1S/C16H23N5/c1-12-10-14(15-4-7-17-21(15)3)19-16(18-12)11-13-5-8-20(2)9-6-13/h4,7,10,13H,5-6,8-9,11H2,1-3H3. The molecule has 2 aromatic heterocycles. The molecule has 0 atom stereocenters. The number of likely N-dealkylation sites (tertiary alicyclic amines) is 1. The van der Waals surface area contributed by atoms with E-state index in [4.69, 9.17) is 4.98 Å². The van der Waals surface area contributed by atoms with E-state index in [2.05, 4.69) is 22.0 Å². The van der Waals surface area contributed by atoms with Crippen LogP contribution < -0.4 is 0 Å². The summed E-state index contributed by atoms with van der Waals surface area (Å²) >= 11 is 0. The van der Waals surface area contributed by atoms with Gasteiger partial charge >= 0.3 is 0 Å². The zero-order valence-corrected chi connectivity index (χ0v) is 13.1. The monoisotopic (exact) mass is 285 g/mol. The van der Waals surface area contributed by atoms with Crippen molar-refractivity contribution in [1.82, 2.24) is 24.6 Å². The molecule has 5 nitrogen and oxygen atoms in total. The van der Waals surface area contributed by atoms with Crippen LogP contribution in [-0.4, -0.2) is 44.8 Å². The number of rotatable bonds is 3. The smallest absolute Gasteiger partial charge is 0.129 e. The Morgan fingerprint density at radius 2 is 1.95 bits per heavy atom. The molecule has 2 aromatic rings. The highest BCUT2D eigenvalue weighted by Gasteiger charge is 2.19. The van der Waals surface area contributed by atoms with E-state index in [1.807, 2.05) is 37.0 Å². The SMILES string of the molecule is Cc1cc(-c2ccnn2C)nc(CC2CCN(C)CC2)n1. The third-order valence-corrected chi connectivity index (χ3v) is 4.29. The molecule has 1 saturated heterocycles. The van der Waals surface area contributed by atoms with Crippen molar-refractivity contribution < 1.29 is 0 Å². The lowest BCUT2D eigenvalue weighted by atomic mass is 9.93. The van der Waals surface area contributed by atoms with Crippen LogP contribution in [-0.2, 0) is 13.5 Å². The number of hydrogen-bond acceptors (Lipinski definition) is 4. The van der Waals surface area contributed by atoms with Crippen molar-refractivity contribution in [3.8, 4) is 11.4 Å². The molecule has 21 heavy (non-hydrogen) atoms. The van der Waals surface area contributed by atoms with Gasteiger partial charge in [0.2, 0.25) is 0 Å². The number of hydrogen-bond donors (Lipinski definition) is 0. The Hall–Kier alpha value is -1.75. The van der Waals surface area contributed by atoms with Gasteiger partial charge in [0, 0.05) is 25.4 Å². The maximum absolute atomic E-state index is 4.76. The second-order valence-electron chi connectivity index (χ2n) is 6.10. The average Bonchev–Trinajstić information content (AvgIpc) is 2.87. The van der Waals surface area contributed by atoms with Crippen LogP contribution in [0.3, 0.4) is 0 Å². The van der Waals surface area contributed by atoms with E-state index in [9.17, 15) is 0 Å². The van der Waals surface area contributed by atoms with Gasteiger partial charge in [-0.05, 0) is 58.0 Å². The highest BCUT2D eigenvalue weighted by Crippen LogP contribution is 2.22. The molecule has 1 fully saturated rings. The van der Waals surface area contributed by atoms with E-state index in [0.29, 0.717) is 5.92 Å². The van der Waals surface area contributed by atoms with Crippen LogP contribution in [0.2, 0.25) is 0 Å². The molecule has 3 rings (SSSR count). The van der Waals surface area contributed by atoms with Gasteiger partial charge in [-0.25, -0.2) is 9.97 Å². The maximum atomic E-state index is 4.76. The summed E-state index contributed by atoms with van der Waals surface area (Å²) in [4.78, 5) is 11.8. The molecule has 0 aliphatic carbocycles. The fraction of sp³-hybridized carbons (Fsp3) is 0.562. The maximum Gasteiger partial charge on any atom is 0.129 e. The van der Waals surface area contributed by atoms with Gasteiger partial charge in [-0.1, -0.05) is 0 Å². The van der Waals surface area contributed by atoms with E-state index in [1.165, 1.54) is 25.9 Å². The zero-order chi connectivity index (χ0) is 14.8. The van der Waals surface area contributed by atoms with Gasteiger partial charge in [-0.3, -0.25) is 4.68 Å². The van der Waals surface area contributed by atoms with Gasteiger partial charge in [0.15, 0.2) is 0 Å². The van der Waals surface area contributed by atoms with Gasteiger partial charge in [0.1, 0.15) is 5.82 Å². The zero-order valence-electron chi connectivity index (χ0n) is 13.1. The van der Waals surface area contributed by atoms with Gasteiger partial charge < -0.3 is 4.90 Å². The Morgan fingerprint density at radius 3 is 2.62 bits per heavy atom. The Kier molecular flexibility index (Phi) is 4.01. The normalized spacial score (nSPS) is 17.3. The van der Waals surface area contributed by atoms with Crippen molar-refractivity contribution >= 4 is 0 Å². The third kappa shape index (κ3) is 3.29. The summed E-state index contributed by atoms with van der Waals surface area (Å²) in [5.41, 5.74) is 3.06. The summed E-state index contributed by atoms with van der Waals surface area (Å²) in [7, 11) is 4.14. The molecule has 0 radical (unpaired) electrons. The van der Waals surface area contributed by atoms with Crippen LogP contribution in [0, 0.1) is 12.8 Å². The lowest BCUT2D eigenvalue weighted by molar-refractivity contribution is 0.217. The molecule has 112 valence electrons. The predicted molar refractivity (Wildman–Crippen MR) is 82.9 cm³/mol. The second kappa shape index (κ2) is 5.93. The average molecular weight is 285 g/mol. The first-order valence-corrected chi connectivity index (χ1v) is 7.63. The van der Waals surface area contributed by atoms with Gasteiger partial charge in [0.25, 0.3) is 0 Å². The van der Waals surface area contributed by atoms with Crippen LogP contribution in [0.1, 0.15) is 24.4 Å². The van der Waals surface area contributed by atoms with Crippen LogP contribution in [0.4, 0.5) is 0 Å². The summed E-state index contributed by atoms with van der Waals surface area (Å²) in [6.45, 7) is 4.41. The lowest BCUT2D eigenvalue weighted by Crippen LogP contribution is -2.31. The van der Waals surface area contributed by atoms with Crippen LogP contribution in [0.25, 0.3) is 11.4 Å². The van der Waals surface area contributed by atoms with Crippen LogP contribution in [0.15, 0.2) is 18.3 Å². The Bertz CT molecular complexity index is 611. The lowest BCUT2D eigenvalue weighted by Gasteiger charge is -2.28. The molecular weight excluding hydrogens is 262 g/mol. The molecule has 0 unspecified atom stereocenters. The fourth-order valence-electron chi connectivity index (χ4n) is 3.00. The molecule has 0 aromatic carbocycles. The Morgan fingerprint density at radius 1 is 1.19 bits per heavy atom. The molecule has 0 amide bonds. The van der Waals surface area contributed by atoms with E-state index < -0.39 is 0 Å². The van der Waals surface area contributed by atoms with E-state index >= 15 is 0 Å². The Labute approximate surface area is 126 Å². The minimum Gasteiger partial charge on any atom is -0.306 e. The number of nitrogens with zero attached hydrogens (tertiary/aromatic N) is 5. The molecule has 5 heteroatoms. The van der Waals surface area contributed by atoms with E-state index in [-0.39, 0.29) is 0 Å².